The van der Waals surface area contributed by atoms with Gasteiger partial charge in [-0.05, 0) is 50.5 Å². The maximum absolute atomic E-state index is 12.0. The first-order chi connectivity index (χ1) is 10.8. The van der Waals surface area contributed by atoms with Gasteiger partial charge in [-0.25, -0.2) is 0 Å². The van der Waals surface area contributed by atoms with Gasteiger partial charge in [0.1, 0.15) is 0 Å². The van der Waals surface area contributed by atoms with Crippen LogP contribution in [0.2, 0.25) is 5.02 Å². The number of amides is 1. The number of hydrogen-bond donors (Lipinski definition) is 1. The number of benzene rings is 1. The van der Waals surface area contributed by atoms with Crippen molar-refractivity contribution in [1.82, 2.24) is 5.32 Å². The first kappa shape index (κ1) is 19.4. The first-order valence-electron chi connectivity index (χ1n) is 7.83. The molecule has 0 aliphatic carbocycles. The van der Waals surface area contributed by atoms with Gasteiger partial charge in [0.2, 0.25) is 5.91 Å². The van der Waals surface area contributed by atoms with Crippen LogP contribution in [0.25, 0.3) is 6.08 Å². The van der Waals surface area contributed by atoms with Crippen LogP contribution < -0.4 is 14.8 Å². The lowest BCUT2D eigenvalue weighted by Crippen LogP contribution is -2.41. The highest BCUT2D eigenvalue weighted by Gasteiger charge is 2.16. The lowest BCUT2D eigenvalue weighted by Gasteiger charge is -2.23. The summed E-state index contributed by atoms with van der Waals surface area (Å²) in [5, 5.41) is 3.41. The Hall–Kier alpha value is -1.68. The molecule has 0 saturated carbocycles. The van der Waals surface area contributed by atoms with Gasteiger partial charge in [-0.15, -0.1) is 0 Å². The van der Waals surface area contributed by atoms with Crippen LogP contribution in [0.1, 0.15) is 46.1 Å². The normalized spacial score (nSPS) is 11.6. The Labute approximate surface area is 143 Å². The van der Waals surface area contributed by atoms with Crippen molar-refractivity contribution in [3.63, 3.8) is 0 Å². The van der Waals surface area contributed by atoms with Crippen molar-refractivity contribution in [2.75, 3.05) is 13.7 Å². The van der Waals surface area contributed by atoms with Gasteiger partial charge in [0.15, 0.2) is 11.5 Å². The second-order valence-electron chi connectivity index (χ2n) is 5.94. The van der Waals surface area contributed by atoms with Crippen LogP contribution >= 0.6 is 11.6 Å². The molecule has 0 fully saturated rings. The fourth-order valence-electron chi connectivity index (χ4n) is 1.82. The molecule has 23 heavy (non-hydrogen) atoms. The van der Waals surface area contributed by atoms with Crippen LogP contribution in [0, 0.1) is 0 Å². The third-order valence-corrected chi connectivity index (χ3v) is 3.76. The Morgan fingerprint density at radius 3 is 2.61 bits per heavy atom. The van der Waals surface area contributed by atoms with E-state index in [4.69, 9.17) is 21.1 Å². The minimum Gasteiger partial charge on any atom is -0.493 e. The van der Waals surface area contributed by atoms with Gasteiger partial charge in [-0.1, -0.05) is 25.4 Å². The summed E-state index contributed by atoms with van der Waals surface area (Å²) in [5.74, 6) is 0.947. The Bertz CT molecular complexity index is 568. The van der Waals surface area contributed by atoms with Gasteiger partial charge in [-0.3, -0.25) is 4.79 Å². The molecule has 0 radical (unpaired) electrons. The number of carbonyl (C=O) groups is 1. The summed E-state index contributed by atoms with van der Waals surface area (Å²) in [7, 11) is 1.56. The molecule has 4 nitrogen and oxygen atoms in total. The minimum absolute atomic E-state index is 0.141. The van der Waals surface area contributed by atoms with E-state index in [1.807, 2.05) is 27.7 Å². The monoisotopic (exact) mass is 339 g/mol. The molecule has 0 bridgehead atoms. The molecular weight excluding hydrogens is 314 g/mol. The average Bonchev–Trinajstić information content (AvgIpc) is 2.51. The lowest BCUT2D eigenvalue weighted by atomic mass is 10.0. The predicted octanol–water partition coefficient (Wildman–Crippen LogP) is 4.46. The number of methoxy groups -OCH3 is 1. The van der Waals surface area contributed by atoms with Crippen LogP contribution in [-0.2, 0) is 4.79 Å². The molecule has 0 heterocycles. The maximum Gasteiger partial charge on any atom is 0.244 e. The van der Waals surface area contributed by atoms with E-state index in [1.165, 1.54) is 6.08 Å². The van der Waals surface area contributed by atoms with Crippen LogP contribution in [0.4, 0.5) is 0 Å². The molecule has 1 amide bonds. The van der Waals surface area contributed by atoms with Crippen molar-refractivity contribution in [3.05, 3.63) is 28.8 Å². The number of carbonyl (C=O) groups excluding carboxylic acids is 1. The molecule has 1 aromatic carbocycles. The Morgan fingerprint density at radius 1 is 1.35 bits per heavy atom. The van der Waals surface area contributed by atoms with E-state index in [1.54, 1.807) is 25.3 Å². The molecular formula is C18H26ClNO3. The van der Waals surface area contributed by atoms with Crippen LogP contribution in [0.15, 0.2) is 18.2 Å². The van der Waals surface area contributed by atoms with Crippen molar-refractivity contribution < 1.29 is 14.3 Å². The summed E-state index contributed by atoms with van der Waals surface area (Å²) < 4.78 is 10.9. The van der Waals surface area contributed by atoms with Crippen LogP contribution in [-0.4, -0.2) is 25.2 Å². The van der Waals surface area contributed by atoms with E-state index in [-0.39, 0.29) is 11.4 Å². The van der Waals surface area contributed by atoms with E-state index in [0.717, 1.165) is 18.4 Å². The quantitative estimate of drug-likeness (QED) is 0.711. The zero-order valence-corrected chi connectivity index (χ0v) is 15.3. The average molecular weight is 340 g/mol. The van der Waals surface area contributed by atoms with Crippen molar-refractivity contribution in [2.45, 2.75) is 46.1 Å². The SMILES string of the molecule is CCCOc1c(Cl)cc(/C=C/C(=O)NC(C)(C)CC)cc1OC. The highest BCUT2D eigenvalue weighted by molar-refractivity contribution is 6.32. The number of ether oxygens (including phenoxy) is 2. The lowest BCUT2D eigenvalue weighted by molar-refractivity contribution is -0.117. The molecule has 0 aliphatic rings. The van der Waals surface area contributed by atoms with Gasteiger partial charge < -0.3 is 14.8 Å². The summed E-state index contributed by atoms with van der Waals surface area (Å²) in [5.41, 5.74) is 0.550. The Morgan fingerprint density at radius 2 is 2.04 bits per heavy atom. The number of hydrogen-bond acceptors (Lipinski definition) is 3. The summed E-state index contributed by atoms with van der Waals surface area (Å²) in [6.45, 7) is 8.59. The summed E-state index contributed by atoms with van der Waals surface area (Å²) >= 11 is 6.25. The molecule has 1 aromatic rings. The minimum atomic E-state index is -0.228. The molecule has 5 heteroatoms. The van der Waals surface area contributed by atoms with Crippen molar-refractivity contribution >= 4 is 23.6 Å². The van der Waals surface area contributed by atoms with Gasteiger partial charge in [0, 0.05) is 11.6 Å². The number of halogens is 1. The molecule has 0 spiro atoms. The largest absolute Gasteiger partial charge is 0.493 e. The van der Waals surface area contributed by atoms with E-state index in [9.17, 15) is 4.79 Å². The van der Waals surface area contributed by atoms with E-state index >= 15 is 0 Å². The maximum atomic E-state index is 12.0. The molecule has 1 rings (SSSR count). The topological polar surface area (TPSA) is 47.6 Å². The van der Waals surface area contributed by atoms with Crippen molar-refractivity contribution in [2.24, 2.45) is 0 Å². The van der Waals surface area contributed by atoms with E-state index in [0.29, 0.717) is 23.1 Å². The van der Waals surface area contributed by atoms with Crippen LogP contribution in [0.3, 0.4) is 0 Å². The van der Waals surface area contributed by atoms with Gasteiger partial charge >= 0.3 is 0 Å². The standard InChI is InChI=1S/C18H26ClNO3/c1-6-10-23-17-14(19)11-13(12-15(17)22-5)8-9-16(21)20-18(3,4)7-2/h8-9,11-12H,6-7,10H2,1-5H3,(H,20,21)/b9-8+. The Kier molecular flexibility index (Phi) is 7.43. The van der Waals surface area contributed by atoms with E-state index in [2.05, 4.69) is 5.32 Å². The molecule has 128 valence electrons. The third kappa shape index (κ3) is 6.14. The second kappa shape index (κ2) is 8.82. The number of nitrogens with one attached hydrogen (secondary N) is 1. The van der Waals surface area contributed by atoms with Crippen molar-refractivity contribution in [3.8, 4) is 11.5 Å². The zero-order chi connectivity index (χ0) is 17.5. The fourth-order valence-corrected chi connectivity index (χ4v) is 2.09. The fraction of sp³-hybridized carbons (Fsp3) is 0.500. The number of rotatable bonds is 8. The van der Waals surface area contributed by atoms with Crippen LogP contribution in [0.5, 0.6) is 11.5 Å². The first-order valence-corrected chi connectivity index (χ1v) is 8.21. The van der Waals surface area contributed by atoms with E-state index < -0.39 is 0 Å². The Balaban J connectivity index is 2.91. The molecule has 0 aliphatic heterocycles. The van der Waals surface area contributed by atoms with Gasteiger partial charge in [0.25, 0.3) is 0 Å². The smallest absolute Gasteiger partial charge is 0.244 e. The molecule has 0 unspecified atom stereocenters. The van der Waals surface area contributed by atoms with Crippen molar-refractivity contribution in [1.29, 1.82) is 0 Å². The predicted molar refractivity (Wildman–Crippen MR) is 95.3 cm³/mol. The highest BCUT2D eigenvalue weighted by Crippen LogP contribution is 2.36. The summed E-state index contributed by atoms with van der Waals surface area (Å²) in [6.07, 6.45) is 4.94. The molecule has 0 saturated heterocycles. The third-order valence-electron chi connectivity index (χ3n) is 3.47. The van der Waals surface area contributed by atoms with Gasteiger partial charge in [0.05, 0.1) is 18.7 Å². The molecule has 0 atom stereocenters. The summed E-state index contributed by atoms with van der Waals surface area (Å²) in [4.78, 5) is 12.0. The molecule has 1 N–H and O–H groups in total. The summed E-state index contributed by atoms with van der Waals surface area (Å²) in [6, 6.07) is 3.55. The molecule has 0 aromatic heterocycles. The second-order valence-corrected chi connectivity index (χ2v) is 6.35. The zero-order valence-electron chi connectivity index (χ0n) is 14.5. The van der Waals surface area contributed by atoms with Gasteiger partial charge in [-0.2, -0.15) is 0 Å². The highest BCUT2D eigenvalue weighted by atomic mass is 35.5.